The molecule has 27 heavy (non-hydrogen) atoms. The van der Waals surface area contributed by atoms with E-state index in [-0.39, 0.29) is 11.4 Å². The largest absolute Gasteiger partial charge is 0.378 e. The standard InChI is InChI=1S/C20H17NO3S3/c22-20(17-9-11-25-13-17,19-6-3-10-26-19)14-21-27(23,24)18-8-7-15-4-1-2-5-16(15)12-18/h1-13,21-22H,14H2. The highest BCUT2D eigenvalue weighted by Gasteiger charge is 2.34. The van der Waals surface area contributed by atoms with E-state index in [1.807, 2.05) is 58.6 Å². The van der Waals surface area contributed by atoms with Crippen molar-refractivity contribution in [2.24, 2.45) is 0 Å². The SMILES string of the molecule is O=S(=O)(NCC(O)(c1ccsc1)c1cccs1)c1ccc2ccccc2c1. The molecule has 0 fully saturated rings. The van der Waals surface area contributed by atoms with Crippen LogP contribution in [0.15, 0.2) is 81.7 Å². The second kappa shape index (κ2) is 7.18. The minimum Gasteiger partial charge on any atom is -0.378 e. The average Bonchev–Trinajstić information content (AvgIpc) is 3.40. The predicted molar refractivity (Wildman–Crippen MR) is 111 cm³/mol. The number of sulfonamides is 1. The van der Waals surface area contributed by atoms with Crippen molar-refractivity contribution in [1.29, 1.82) is 0 Å². The number of fused-ring (bicyclic) bond motifs is 1. The van der Waals surface area contributed by atoms with Crippen LogP contribution < -0.4 is 4.72 Å². The van der Waals surface area contributed by atoms with E-state index in [1.54, 1.807) is 18.2 Å². The van der Waals surface area contributed by atoms with E-state index in [1.165, 1.54) is 22.7 Å². The second-order valence-electron chi connectivity index (χ2n) is 6.18. The Hall–Kier alpha value is -2.03. The predicted octanol–water partition coefficient (Wildman–Crippen LogP) is 4.18. The van der Waals surface area contributed by atoms with Crippen molar-refractivity contribution in [3.63, 3.8) is 0 Å². The third-order valence-electron chi connectivity index (χ3n) is 4.48. The van der Waals surface area contributed by atoms with E-state index in [9.17, 15) is 13.5 Å². The van der Waals surface area contributed by atoms with Crippen molar-refractivity contribution < 1.29 is 13.5 Å². The van der Waals surface area contributed by atoms with E-state index in [2.05, 4.69) is 4.72 Å². The molecule has 4 rings (SSSR count). The minimum atomic E-state index is -3.77. The number of nitrogens with one attached hydrogen (secondary N) is 1. The molecule has 0 saturated heterocycles. The van der Waals surface area contributed by atoms with Gasteiger partial charge in [0.25, 0.3) is 0 Å². The van der Waals surface area contributed by atoms with Crippen LogP contribution in [0.2, 0.25) is 0 Å². The zero-order valence-corrected chi connectivity index (χ0v) is 16.7. The molecule has 1 atom stereocenters. The first-order valence-electron chi connectivity index (χ1n) is 8.26. The highest BCUT2D eigenvalue weighted by atomic mass is 32.2. The number of aliphatic hydroxyl groups is 1. The van der Waals surface area contributed by atoms with Crippen molar-refractivity contribution >= 4 is 43.5 Å². The van der Waals surface area contributed by atoms with Crippen LogP contribution in [0.4, 0.5) is 0 Å². The third kappa shape index (κ3) is 3.56. The molecule has 2 heterocycles. The Morgan fingerprint density at radius 3 is 2.48 bits per heavy atom. The summed E-state index contributed by atoms with van der Waals surface area (Å²) in [7, 11) is -3.77. The van der Waals surface area contributed by atoms with Crippen molar-refractivity contribution in [2.75, 3.05) is 6.54 Å². The van der Waals surface area contributed by atoms with Gasteiger partial charge in [0.1, 0.15) is 5.60 Å². The summed E-state index contributed by atoms with van der Waals surface area (Å²) in [5, 5.41) is 18.7. The summed E-state index contributed by atoms with van der Waals surface area (Å²) in [6.07, 6.45) is 0. The molecular formula is C20H17NO3S3. The maximum Gasteiger partial charge on any atom is 0.240 e. The van der Waals surface area contributed by atoms with E-state index in [4.69, 9.17) is 0 Å². The fraction of sp³-hybridized carbons (Fsp3) is 0.100. The highest BCUT2D eigenvalue weighted by Crippen LogP contribution is 2.34. The van der Waals surface area contributed by atoms with Gasteiger partial charge in [0.2, 0.25) is 10.0 Å². The van der Waals surface area contributed by atoms with E-state index in [0.717, 1.165) is 10.8 Å². The first-order chi connectivity index (χ1) is 13.0. The molecule has 7 heteroatoms. The van der Waals surface area contributed by atoms with Crippen LogP contribution in [0, 0.1) is 0 Å². The zero-order chi connectivity index (χ0) is 18.9. The fourth-order valence-corrected chi connectivity index (χ4v) is 5.63. The lowest BCUT2D eigenvalue weighted by Crippen LogP contribution is -2.40. The molecule has 138 valence electrons. The van der Waals surface area contributed by atoms with Gasteiger partial charge in [-0.05, 0) is 51.2 Å². The van der Waals surface area contributed by atoms with Gasteiger partial charge >= 0.3 is 0 Å². The molecular weight excluding hydrogens is 398 g/mol. The van der Waals surface area contributed by atoms with E-state index < -0.39 is 15.6 Å². The first kappa shape index (κ1) is 18.3. The lowest BCUT2D eigenvalue weighted by molar-refractivity contribution is 0.0903. The number of benzene rings is 2. The third-order valence-corrected chi connectivity index (χ3v) is 7.58. The number of hydrogen-bond donors (Lipinski definition) is 2. The monoisotopic (exact) mass is 415 g/mol. The molecule has 0 saturated carbocycles. The van der Waals surface area contributed by atoms with Gasteiger partial charge in [-0.2, -0.15) is 11.3 Å². The van der Waals surface area contributed by atoms with Crippen molar-refractivity contribution in [3.05, 3.63) is 87.2 Å². The van der Waals surface area contributed by atoms with Crippen LogP contribution in [0.25, 0.3) is 10.8 Å². The summed E-state index contributed by atoms with van der Waals surface area (Å²) in [5.41, 5.74) is -0.728. The van der Waals surface area contributed by atoms with Crippen LogP contribution in [0.1, 0.15) is 10.4 Å². The Labute approximate surface area is 165 Å². The molecule has 0 spiro atoms. The Bertz CT molecular complexity index is 1120. The van der Waals surface area contributed by atoms with Crippen molar-refractivity contribution in [3.8, 4) is 0 Å². The normalized spacial score (nSPS) is 14.3. The Morgan fingerprint density at radius 2 is 1.78 bits per heavy atom. The fourth-order valence-electron chi connectivity index (χ4n) is 2.96. The molecule has 0 radical (unpaired) electrons. The van der Waals surface area contributed by atoms with Crippen LogP contribution in [-0.4, -0.2) is 20.1 Å². The molecule has 2 aromatic carbocycles. The van der Waals surface area contributed by atoms with Gasteiger partial charge in [0, 0.05) is 17.0 Å². The number of thiophene rings is 2. The lowest BCUT2D eigenvalue weighted by Gasteiger charge is -2.27. The van der Waals surface area contributed by atoms with Gasteiger partial charge < -0.3 is 5.11 Å². The Morgan fingerprint density at radius 1 is 0.963 bits per heavy atom. The van der Waals surface area contributed by atoms with E-state index in [0.29, 0.717) is 10.4 Å². The van der Waals surface area contributed by atoms with Gasteiger partial charge in [-0.1, -0.05) is 36.4 Å². The summed E-state index contributed by atoms with van der Waals surface area (Å²) in [5.74, 6) is 0. The molecule has 0 aliphatic rings. The number of rotatable bonds is 6. The summed E-state index contributed by atoms with van der Waals surface area (Å²) < 4.78 is 28.3. The average molecular weight is 416 g/mol. The van der Waals surface area contributed by atoms with Crippen LogP contribution >= 0.6 is 22.7 Å². The van der Waals surface area contributed by atoms with Gasteiger partial charge in [-0.15, -0.1) is 11.3 Å². The minimum absolute atomic E-state index is 0.139. The molecule has 0 bridgehead atoms. The second-order valence-corrected chi connectivity index (χ2v) is 9.68. The number of hydrogen-bond acceptors (Lipinski definition) is 5. The Balaban J connectivity index is 1.65. The molecule has 2 aromatic heterocycles. The van der Waals surface area contributed by atoms with Gasteiger partial charge in [0.15, 0.2) is 0 Å². The van der Waals surface area contributed by atoms with Gasteiger partial charge in [-0.25, -0.2) is 13.1 Å². The summed E-state index contributed by atoms with van der Waals surface area (Å²) in [4.78, 5) is 0.877. The van der Waals surface area contributed by atoms with Crippen molar-refractivity contribution in [2.45, 2.75) is 10.5 Å². The van der Waals surface area contributed by atoms with Crippen molar-refractivity contribution in [1.82, 2.24) is 4.72 Å². The maximum atomic E-state index is 12.8. The molecule has 0 aliphatic carbocycles. The maximum absolute atomic E-state index is 12.8. The quantitative estimate of drug-likeness (QED) is 0.497. The smallest absolute Gasteiger partial charge is 0.240 e. The molecule has 1 unspecified atom stereocenters. The van der Waals surface area contributed by atoms with Crippen LogP contribution in [0.5, 0.6) is 0 Å². The highest BCUT2D eigenvalue weighted by molar-refractivity contribution is 7.89. The molecule has 0 amide bonds. The summed E-state index contributed by atoms with van der Waals surface area (Å²) >= 11 is 2.86. The van der Waals surface area contributed by atoms with Crippen LogP contribution in [0.3, 0.4) is 0 Å². The lowest BCUT2D eigenvalue weighted by atomic mass is 9.95. The molecule has 0 aliphatic heterocycles. The molecule has 2 N–H and O–H groups in total. The molecule has 4 aromatic rings. The first-order valence-corrected chi connectivity index (χ1v) is 11.6. The zero-order valence-electron chi connectivity index (χ0n) is 14.2. The summed E-state index contributed by atoms with van der Waals surface area (Å²) in [6, 6.07) is 18.1. The summed E-state index contributed by atoms with van der Waals surface area (Å²) in [6.45, 7) is -0.139. The topological polar surface area (TPSA) is 66.4 Å². The van der Waals surface area contributed by atoms with Gasteiger partial charge in [0.05, 0.1) is 4.90 Å². The van der Waals surface area contributed by atoms with Crippen LogP contribution in [-0.2, 0) is 15.6 Å². The van der Waals surface area contributed by atoms with Gasteiger partial charge in [-0.3, -0.25) is 0 Å². The Kier molecular flexibility index (Phi) is 4.88. The van der Waals surface area contributed by atoms with E-state index >= 15 is 0 Å². The molecule has 4 nitrogen and oxygen atoms in total.